The molecule has 1 aromatic heterocycles. The lowest BCUT2D eigenvalue weighted by Crippen LogP contribution is -2.48. The Morgan fingerprint density at radius 2 is 1.70 bits per heavy atom. The number of hydrogen-bond donors (Lipinski definition) is 3. The van der Waals surface area contributed by atoms with Crippen molar-refractivity contribution in [1.82, 2.24) is 25.4 Å². The highest BCUT2D eigenvalue weighted by molar-refractivity contribution is 6.30. The summed E-state index contributed by atoms with van der Waals surface area (Å²) in [6.07, 6.45) is 5.20. The third-order valence-corrected chi connectivity index (χ3v) is 7.70. The Morgan fingerprint density at radius 1 is 1.03 bits per heavy atom. The fourth-order valence-corrected chi connectivity index (χ4v) is 5.61. The molecule has 0 radical (unpaired) electrons. The summed E-state index contributed by atoms with van der Waals surface area (Å²) in [5.41, 5.74) is 8.01. The molecule has 0 bridgehead atoms. The highest BCUT2D eigenvalue weighted by Gasteiger charge is 2.34. The van der Waals surface area contributed by atoms with Crippen molar-refractivity contribution < 1.29 is 9.59 Å². The normalized spacial score (nSPS) is 18.5. The number of benzene rings is 1. The van der Waals surface area contributed by atoms with Crippen LogP contribution in [0, 0.1) is 11.8 Å². The van der Waals surface area contributed by atoms with Crippen LogP contribution >= 0.6 is 11.6 Å². The summed E-state index contributed by atoms with van der Waals surface area (Å²) >= 11 is 6.11. The van der Waals surface area contributed by atoms with Crippen LogP contribution in [0.4, 0.5) is 10.6 Å². The van der Waals surface area contributed by atoms with E-state index in [1.54, 1.807) is 6.20 Å². The van der Waals surface area contributed by atoms with E-state index in [9.17, 15) is 9.59 Å². The Hall–Kier alpha value is -2.84. The largest absolute Gasteiger partial charge is 0.384 e. The lowest BCUT2D eigenvalue weighted by molar-refractivity contribution is -0.138. The van der Waals surface area contributed by atoms with Crippen molar-refractivity contribution in [2.75, 3.05) is 31.9 Å². The SMILES string of the molecule is CC(C)NC(=O)NC(c1ccc(Cl)cc1)C1CCN(C(=O)C2CCN(Cc3ccnc(N)c3)CC2)CC1. The third-order valence-electron chi connectivity index (χ3n) is 7.45. The molecular formula is C28H39ClN6O2. The van der Waals surface area contributed by atoms with Crippen LogP contribution in [-0.4, -0.2) is 58.9 Å². The quantitative estimate of drug-likeness (QED) is 0.501. The molecule has 4 N–H and O–H groups in total. The number of hydrogen-bond acceptors (Lipinski definition) is 5. The lowest BCUT2D eigenvalue weighted by Gasteiger charge is -2.39. The molecule has 2 aliphatic rings. The van der Waals surface area contributed by atoms with E-state index in [0.717, 1.165) is 69.5 Å². The molecule has 9 heteroatoms. The minimum absolute atomic E-state index is 0.0552. The van der Waals surface area contributed by atoms with Crippen molar-refractivity contribution in [1.29, 1.82) is 0 Å². The van der Waals surface area contributed by atoms with Gasteiger partial charge in [0.15, 0.2) is 0 Å². The number of halogens is 1. The number of anilines is 1. The molecule has 0 spiro atoms. The van der Waals surface area contributed by atoms with Gasteiger partial charge < -0.3 is 21.3 Å². The molecule has 2 saturated heterocycles. The molecule has 2 fully saturated rings. The van der Waals surface area contributed by atoms with Gasteiger partial charge in [-0.05, 0) is 93.9 Å². The first-order chi connectivity index (χ1) is 17.8. The van der Waals surface area contributed by atoms with Crippen LogP contribution in [0.5, 0.6) is 0 Å². The van der Waals surface area contributed by atoms with E-state index in [-0.39, 0.29) is 35.9 Å². The number of nitrogens with two attached hydrogens (primary N) is 1. The van der Waals surface area contributed by atoms with Crippen molar-refractivity contribution in [3.05, 3.63) is 58.7 Å². The summed E-state index contributed by atoms with van der Waals surface area (Å²) in [4.78, 5) is 34.4. The van der Waals surface area contributed by atoms with Crippen LogP contribution in [0.3, 0.4) is 0 Å². The van der Waals surface area contributed by atoms with Gasteiger partial charge >= 0.3 is 6.03 Å². The Morgan fingerprint density at radius 3 is 2.32 bits per heavy atom. The summed E-state index contributed by atoms with van der Waals surface area (Å²) in [5, 5.41) is 6.78. The predicted molar refractivity (Wildman–Crippen MR) is 147 cm³/mol. The Bertz CT molecular complexity index is 1050. The van der Waals surface area contributed by atoms with Gasteiger partial charge in [-0.2, -0.15) is 0 Å². The number of carbonyl (C=O) groups excluding carboxylic acids is 2. The van der Waals surface area contributed by atoms with Crippen molar-refractivity contribution in [2.24, 2.45) is 11.8 Å². The average molecular weight is 527 g/mol. The summed E-state index contributed by atoms with van der Waals surface area (Å²) < 4.78 is 0. The van der Waals surface area contributed by atoms with Gasteiger partial charge in [0.2, 0.25) is 5.91 Å². The van der Waals surface area contributed by atoms with Crippen LogP contribution in [0.25, 0.3) is 0 Å². The van der Waals surface area contributed by atoms with Crippen LogP contribution in [0.2, 0.25) is 5.02 Å². The van der Waals surface area contributed by atoms with E-state index in [2.05, 4.69) is 20.5 Å². The minimum Gasteiger partial charge on any atom is -0.384 e. The Kier molecular flexibility index (Phi) is 9.27. The van der Waals surface area contributed by atoms with E-state index < -0.39 is 0 Å². The molecule has 0 aliphatic carbocycles. The van der Waals surface area contributed by atoms with E-state index in [0.29, 0.717) is 10.8 Å². The molecule has 2 aliphatic heterocycles. The topological polar surface area (TPSA) is 104 Å². The van der Waals surface area contributed by atoms with E-state index in [1.807, 2.05) is 55.1 Å². The first kappa shape index (κ1) is 27.2. The number of nitrogens with zero attached hydrogens (tertiary/aromatic N) is 3. The first-order valence-corrected chi connectivity index (χ1v) is 13.7. The van der Waals surface area contributed by atoms with Crippen molar-refractivity contribution >= 4 is 29.4 Å². The average Bonchev–Trinajstić information content (AvgIpc) is 2.88. The molecule has 2 aromatic rings. The van der Waals surface area contributed by atoms with Gasteiger partial charge in [-0.15, -0.1) is 0 Å². The van der Waals surface area contributed by atoms with Gasteiger partial charge in [-0.3, -0.25) is 9.69 Å². The number of pyridine rings is 1. The first-order valence-electron chi connectivity index (χ1n) is 13.3. The van der Waals surface area contributed by atoms with Gasteiger partial charge in [-0.25, -0.2) is 9.78 Å². The molecule has 8 nitrogen and oxygen atoms in total. The zero-order valence-corrected chi connectivity index (χ0v) is 22.6. The number of piperidine rings is 2. The molecule has 1 aromatic carbocycles. The number of nitrogen functional groups attached to an aromatic ring is 1. The second kappa shape index (κ2) is 12.6. The molecule has 37 heavy (non-hydrogen) atoms. The summed E-state index contributed by atoms with van der Waals surface area (Å²) in [7, 11) is 0. The van der Waals surface area contributed by atoms with E-state index in [1.165, 1.54) is 0 Å². The predicted octanol–water partition coefficient (Wildman–Crippen LogP) is 4.22. The van der Waals surface area contributed by atoms with Gasteiger partial charge in [-0.1, -0.05) is 23.7 Å². The second-order valence-corrected chi connectivity index (χ2v) is 11.0. The summed E-state index contributed by atoms with van der Waals surface area (Å²) in [6.45, 7) is 7.98. The molecule has 1 unspecified atom stereocenters. The van der Waals surface area contributed by atoms with Gasteiger partial charge in [0.1, 0.15) is 5.82 Å². The zero-order valence-electron chi connectivity index (χ0n) is 21.8. The molecule has 3 amide bonds. The second-order valence-electron chi connectivity index (χ2n) is 10.6. The van der Waals surface area contributed by atoms with E-state index >= 15 is 0 Å². The Balaban J connectivity index is 1.30. The Labute approximate surface area is 224 Å². The number of urea groups is 1. The van der Waals surface area contributed by atoms with Crippen molar-refractivity contribution in [3.63, 3.8) is 0 Å². The number of amides is 3. The smallest absolute Gasteiger partial charge is 0.315 e. The van der Waals surface area contributed by atoms with Crippen LogP contribution in [0.1, 0.15) is 56.7 Å². The molecule has 3 heterocycles. The fourth-order valence-electron chi connectivity index (χ4n) is 5.49. The highest BCUT2D eigenvalue weighted by atomic mass is 35.5. The van der Waals surface area contributed by atoms with Crippen LogP contribution in [0.15, 0.2) is 42.6 Å². The maximum Gasteiger partial charge on any atom is 0.315 e. The lowest BCUT2D eigenvalue weighted by atomic mass is 9.84. The van der Waals surface area contributed by atoms with Crippen LogP contribution in [-0.2, 0) is 11.3 Å². The van der Waals surface area contributed by atoms with Crippen molar-refractivity contribution in [2.45, 2.75) is 58.2 Å². The number of nitrogens with one attached hydrogen (secondary N) is 2. The number of carbonyl (C=O) groups is 2. The molecule has 0 saturated carbocycles. The van der Waals surface area contributed by atoms with Gasteiger partial charge in [0.05, 0.1) is 6.04 Å². The summed E-state index contributed by atoms with van der Waals surface area (Å²) in [6, 6.07) is 11.4. The van der Waals surface area contributed by atoms with E-state index in [4.69, 9.17) is 17.3 Å². The monoisotopic (exact) mass is 526 g/mol. The molecular weight excluding hydrogens is 488 g/mol. The maximum atomic E-state index is 13.3. The standard InChI is InChI=1S/C28H39ClN6O2/c1-19(2)32-28(37)33-26(21-3-5-24(29)6-4-21)22-10-15-35(16-11-22)27(36)23-8-13-34(14-9-23)18-20-7-12-31-25(30)17-20/h3-7,12,17,19,22-23,26H,8-11,13-16,18H2,1-2H3,(H2,30,31)(H2,32,33,37). The summed E-state index contributed by atoms with van der Waals surface area (Å²) in [5.74, 6) is 1.15. The minimum atomic E-state index is -0.172. The molecule has 200 valence electrons. The number of likely N-dealkylation sites (tertiary alicyclic amines) is 2. The molecule has 4 rings (SSSR count). The zero-order chi connectivity index (χ0) is 26.4. The molecule has 1 atom stereocenters. The number of rotatable bonds is 7. The van der Waals surface area contributed by atoms with Gasteiger partial charge in [0, 0.05) is 42.8 Å². The van der Waals surface area contributed by atoms with Crippen LogP contribution < -0.4 is 16.4 Å². The third kappa shape index (κ3) is 7.58. The van der Waals surface area contributed by atoms with Gasteiger partial charge in [0.25, 0.3) is 0 Å². The van der Waals surface area contributed by atoms with Crippen molar-refractivity contribution in [3.8, 4) is 0 Å². The fraction of sp³-hybridized carbons (Fsp3) is 0.536. The number of aromatic nitrogens is 1. The highest BCUT2D eigenvalue weighted by Crippen LogP contribution is 2.33. The maximum absolute atomic E-state index is 13.3.